The maximum Gasteiger partial charge on any atom is 0.258 e. The molecular formula is C14H21ClN2O2. The van der Waals surface area contributed by atoms with Crippen molar-refractivity contribution in [3.05, 3.63) is 30.3 Å². The van der Waals surface area contributed by atoms with Gasteiger partial charge >= 0.3 is 0 Å². The fourth-order valence-electron chi connectivity index (χ4n) is 2.16. The lowest BCUT2D eigenvalue weighted by Crippen LogP contribution is -2.52. The molecule has 5 heteroatoms. The van der Waals surface area contributed by atoms with Gasteiger partial charge in [-0.15, -0.1) is 12.4 Å². The van der Waals surface area contributed by atoms with E-state index >= 15 is 0 Å². The number of hydrogen-bond donors (Lipinski definition) is 2. The van der Waals surface area contributed by atoms with Crippen molar-refractivity contribution < 1.29 is 9.53 Å². The summed E-state index contributed by atoms with van der Waals surface area (Å²) in [4.78, 5) is 11.8. The van der Waals surface area contributed by atoms with Crippen LogP contribution in [0.5, 0.6) is 5.75 Å². The highest BCUT2D eigenvalue weighted by Gasteiger charge is 2.22. The average molecular weight is 285 g/mol. The number of carbonyl (C=O) groups is 1. The van der Waals surface area contributed by atoms with Crippen LogP contribution in [0.2, 0.25) is 0 Å². The Bertz CT molecular complexity index is 386. The van der Waals surface area contributed by atoms with Crippen LogP contribution >= 0.6 is 12.4 Å². The van der Waals surface area contributed by atoms with Gasteiger partial charge in [0.25, 0.3) is 5.91 Å². The Morgan fingerprint density at radius 3 is 2.84 bits per heavy atom. The third-order valence-electron chi connectivity index (χ3n) is 3.22. The number of rotatable bonds is 4. The molecule has 1 aliphatic rings. The highest BCUT2D eigenvalue weighted by molar-refractivity contribution is 5.85. The smallest absolute Gasteiger partial charge is 0.258 e. The zero-order valence-corrected chi connectivity index (χ0v) is 11.9. The highest BCUT2D eigenvalue weighted by atomic mass is 35.5. The Morgan fingerprint density at radius 1 is 1.42 bits per heavy atom. The summed E-state index contributed by atoms with van der Waals surface area (Å²) in [6, 6.07) is 9.93. The van der Waals surface area contributed by atoms with Crippen LogP contribution in [0.3, 0.4) is 0 Å². The summed E-state index contributed by atoms with van der Waals surface area (Å²) < 4.78 is 5.41. The maximum absolute atomic E-state index is 11.8. The molecule has 19 heavy (non-hydrogen) atoms. The van der Waals surface area contributed by atoms with Crippen molar-refractivity contribution in [3.63, 3.8) is 0 Å². The van der Waals surface area contributed by atoms with E-state index in [9.17, 15) is 4.79 Å². The van der Waals surface area contributed by atoms with Crippen LogP contribution in [0.1, 0.15) is 19.8 Å². The molecule has 0 bridgehead atoms. The van der Waals surface area contributed by atoms with Gasteiger partial charge in [-0.1, -0.05) is 18.2 Å². The van der Waals surface area contributed by atoms with Crippen molar-refractivity contribution in [2.75, 3.05) is 13.2 Å². The molecule has 2 rings (SSSR count). The predicted octanol–water partition coefficient (Wildman–Crippen LogP) is 1.74. The Balaban J connectivity index is 0.00000180. The Labute approximate surface area is 120 Å². The molecule has 1 amide bonds. The Kier molecular flexibility index (Phi) is 6.67. The topological polar surface area (TPSA) is 50.4 Å². The molecule has 0 saturated carbocycles. The molecule has 0 aliphatic carbocycles. The lowest BCUT2D eigenvalue weighted by Gasteiger charge is -2.30. The maximum atomic E-state index is 11.8. The lowest BCUT2D eigenvalue weighted by atomic mass is 10.00. The fraction of sp³-hybridized carbons (Fsp3) is 0.500. The first kappa shape index (κ1) is 15.8. The summed E-state index contributed by atoms with van der Waals surface area (Å²) in [7, 11) is 0. The van der Waals surface area contributed by atoms with E-state index < -0.39 is 0 Å². The second kappa shape index (κ2) is 8.02. The van der Waals surface area contributed by atoms with Crippen LogP contribution in [-0.4, -0.2) is 31.1 Å². The number of carbonyl (C=O) groups excluding carboxylic acids is 1. The summed E-state index contributed by atoms with van der Waals surface area (Å²) in [5.41, 5.74) is 0. The van der Waals surface area contributed by atoms with Crippen molar-refractivity contribution >= 4 is 18.3 Å². The van der Waals surface area contributed by atoms with Gasteiger partial charge < -0.3 is 15.4 Å². The highest BCUT2D eigenvalue weighted by Crippen LogP contribution is 2.09. The summed E-state index contributed by atoms with van der Waals surface area (Å²) in [6.45, 7) is 3.21. The van der Waals surface area contributed by atoms with E-state index in [-0.39, 0.29) is 31.0 Å². The zero-order valence-electron chi connectivity index (χ0n) is 11.1. The molecular weight excluding hydrogens is 264 g/mol. The molecule has 1 fully saturated rings. The first-order valence-electron chi connectivity index (χ1n) is 6.46. The first-order valence-corrected chi connectivity index (χ1v) is 6.46. The van der Waals surface area contributed by atoms with E-state index in [1.807, 2.05) is 30.3 Å². The molecule has 0 aromatic heterocycles. The van der Waals surface area contributed by atoms with Gasteiger partial charge in [-0.2, -0.15) is 0 Å². The Morgan fingerprint density at radius 2 is 2.16 bits per heavy atom. The van der Waals surface area contributed by atoms with Crippen molar-refractivity contribution in [1.29, 1.82) is 0 Å². The molecule has 1 aromatic rings. The molecule has 4 nitrogen and oxygen atoms in total. The largest absolute Gasteiger partial charge is 0.484 e. The van der Waals surface area contributed by atoms with Crippen LogP contribution in [0.25, 0.3) is 0 Å². The number of amides is 1. The number of nitrogens with one attached hydrogen (secondary N) is 2. The molecule has 0 spiro atoms. The van der Waals surface area contributed by atoms with Crippen molar-refractivity contribution in [1.82, 2.24) is 10.6 Å². The van der Waals surface area contributed by atoms with Crippen LogP contribution in [0.15, 0.2) is 30.3 Å². The van der Waals surface area contributed by atoms with Crippen molar-refractivity contribution in [2.45, 2.75) is 31.8 Å². The quantitative estimate of drug-likeness (QED) is 0.886. The minimum Gasteiger partial charge on any atom is -0.484 e. The third kappa shape index (κ3) is 5.09. The molecule has 2 atom stereocenters. The van der Waals surface area contributed by atoms with Crippen LogP contribution in [-0.2, 0) is 4.79 Å². The number of benzene rings is 1. The summed E-state index contributed by atoms with van der Waals surface area (Å²) in [6.07, 6.45) is 2.14. The van der Waals surface area contributed by atoms with E-state index in [1.165, 1.54) is 0 Å². The lowest BCUT2D eigenvalue weighted by molar-refractivity contribution is -0.124. The summed E-state index contributed by atoms with van der Waals surface area (Å²) in [5, 5.41) is 6.37. The van der Waals surface area contributed by atoms with Gasteiger partial charge in [-0.05, 0) is 38.4 Å². The second-order valence-corrected chi connectivity index (χ2v) is 4.66. The van der Waals surface area contributed by atoms with Gasteiger partial charge in [0.2, 0.25) is 0 Å². The molecule has 1 aliphatic heterocycles. The molecule has 1 heterocycles. The number of ether oxygens (including phenoxy) is 1. The minimum absolute atomic E-state index is 0. The molecule has 1 aromatic carbocycles. The summed E-state index contributed by atoms with van der Waals surface area (Å²) >= 11 is 0. The van der Waals surface area contributed by atoms with Gasteiger partial charge in [-0.3, -0.25) is 4.79 Å². The second-order valence-electron chi connectivity index (χ2n) is 4.66. The third-order valence-corrected chi connectivity index (χ3v) is 3.22. The fourth-order valence-corrected chi connectivity index (χ4v) is 2.16. The van der Waals surface area contributed by atoms with Gasteiger partial charge in [0.05, 0.1) is 0 Å². The Hall–Kier alpha value is -1.26. The molecule has 106 valence electrons. The predicted molar refractivity (Wildman–Crippen MR) is 77.8 cm³/mol. The summed E-state index contributed by atoms with van der Waals surface area (Å²) in [5.74, 6) is 0.668. The van der Waals surface area contributed by atoms with Gasteiger partial charge in [0.15, 0.2) is 6.61 Å². The van der Waals surface area contributed by atoms with Gasteiger partial charge in [-0.25, -0.2) is 0 Å². The number of hydrogen-bond acceptors (Lipinski definition) is 3. The standard InChI is InChI=1S/C14H20N2O2.ClH/c1-11-13(8-5-9-15-11)16-14(17)10-18-12-6-3-2-4-7-12;/h2-4,6-7,11,13,15H,5,8-10H2,1H3,(H,16,17);1H. The van der Waals surface area contributed by atoms with Gasteiger partial charge in [0, 0.05) is 12.1 Å². The first-order chi connectivity index (χ1) is 8.75. The van der Waals surface area contributed by atoms with Gasteiger partial charge in [0.1, 0.15) is 5.75 Å². The molecule has 2 N–H and O–H groups in total. The van der Waals surface area contributed by atoms with E-state index in [0.717, 1.165) is 25.1 Å². The average Bonchev–Trinajstić information content (AvgIpc) is 2.40. The molecule has 0 radical (unpaired) electrons. The number of piperidine rings is 1. The van der Waals surface area contributed by atoms with E-state index in [2.05, 4.69) is 17.6 Å². The van der Waals surface area contributed by atoms with Crippen LogP contribution in [0.4, 0.5) is 0 Å². The zero-order chi connectivity index (χ0) is 12.8. The van der Waals surface area contributed by atoms with E-state index in [4.69, 9.17) is 4.74 Å². The van der Waals surface area contributed by atoms with Crippen molar-refractivity contribution in [3.8, 4) is 5.75 Å². The minimum atomic E-state index is -0.0561. The van der Waals surface area contributed by atoms with E-state index in [0.29, 0.717) is 6.04 Å². The molecule has 1 saturated heterocycles. The monoisotopic (exact) mass is 284 g/mol. The van der Waals surface area contributed by atoms with E-state index in [1.54, 1.807) is 0 Å². The molecule has 2 unspecified atom stereocenters. The SMILES string of the molecule is CC1NCCCC1NC(=O)COc1ccccc1.Cl. The number of para-hydroxylation sites is 1. The van der Waals surface area contributed by atoms with Crippen LogP contribution < -0.4 is 15.4 Å². The van der Waals surface area contributed by atoms with Crippen molar-refractivity contribution in [2.24, 2.45) is 0 Å². The normalized spacial score (nSPS) is 22.2. The number of halogens is 1. The van der Waals surface area contributed by atoms with Crippen LogP contribution in [0, 0.1) is 0 Å².